The van der Waals surface area contributed by atoms with Gasteiger partial charge in [-0.3, -0.25) is 10.1 Å². The Labute approximate surface area is 91.9 Å². The molecule has 0 bridgehead atoms. The molecule has 4 nitrogen and oxygen atoms in total. The summed E-state index contributed by atoms with van der Waals surface area (Å²) in [6.45, 7) is 0. The molecule has 5 heteroatoms. The zero-order valence-corrected chi connectivity index (χ0v) is 8.65. The third-order valence-corrected chi connectivity index (χ3v) is 2.47. The fourth-order valence-corrected chi connectivity index (χ4v) is 1.51. The maximum Gasteiger partial charge on any atom is 0.0876 e. The van der Waals surface area contributed by atoms with Crippen LogP contribution in [-0.4, -0.2) is 20.3 Å². The molecule has 2 rings (SSSR count). The zero-order valence-electron chi connectivity index (χ0n) is 7.89. The molecule has 0 aromatic carbocycles. The number of aromatic amines is 1. The molecule has 0 aliphatic carbocycles. The van der Waals surface area contributed by atoms with Crippen molar-refractivity contribution >= 4 is 11.6 Å². The molecule has 0 radical (unpaired) electrons. The summed E-state index contributed by atoms with van der Waals surface area (Å²) in [7, 11) is 0. The molecule has 0 fully saturated rings. The zero-order chi connectivity index (χ0) is 10.7. The maximum absolute atomic E-state index is 9.83. The Morgan fingerprint density at radius 1 is 1.53 bits per heavy atom. The highest BCUT2D eigenvalue weighted by atomic mass is 35.5. The summed E-state index contributed by atoms with van der Waals surface area (Å²) < 4.78 is 0. The number of nitrogens with one attached hydrogen (secondary N) is 1. The number of pyridine rings is 1. The minimum Gasteiger partial charge on any atom is -0.388 e. The fourth-order valence-electron chi connectivity index (χ4n) is 1.31. The Morgan fingerprint density at radius 2 is 2.40 bits per heavy atom. The molecule has 15 heavy (non-hydrogen) atoms. The number of nitrogens with zero attached hydrogens (tertiary/aromatic N) is 2. The average Bonchev–Trinajstić information content (AvgIpc) is 2.74. The molecule has 2 aromatic rings. The van der Waals surface area contributed by atoms with Gasteiger partial charge in [0.25, 0.3) is 0 Å². The predicted molar refractivity (Wildman–Crippen MR) is 56.5 cm³/mol. The van der Waals surface area contributed by atoms with Gasteiger partial charge in [-0.1, -0.05) is 11.6 Å². The fraction of sp³-hybridized carbons (Fsp3) is 0.200. The van der Waals surface area contributed by atoms with Gasteiger partial charge in [-0.2, -0.15) is 5.10 Å². The van der Waals surface area contributed by atoms with Crippen LogP contribution in [0.1, 0.15) is 17.4 Å². The molecule has 1 unspecified atom stereocenters. The van der Waals surface area contributed by atoms with Crippen molar-refractivity contribution < 1.29 is 5.11 Å². The van der Waals surface area contributed by atoms with Crippen LogP contribution in [0.3, 0.4) is 0 Å². The lowest BCUT2D eigenvalue weighted by molar-refractivity contribution is 0.177. The SMILES string of the molecule is OC(Cc1ncccc1Cl)c1cn[nH]c1. The minimum absolute atomic E-state index is 0.388. The molecule has 78 valence electrons. The largest absolute Gasteiger partial charge is 0.388 e. The quantitative estimate of drug-likeness (QED) is 0.833. The third kappa shape index (κ3) is 2.34. The van der Waals surface area contributed by atoms with E-state index in [2.05, 4.69) is 15.2 Å². The lowest BCUT2D eigenvalue weighted by atomic mass is 10.1. The first-order chi connectivity index (χ1) is 7.27. The number of aliphatic hydroxyl groups excluding tert-OH is 1. The summed E-state index contributed by atoms with van der Waals surface area (Å²) in [4.78, 5) is 4.11. The summed E-state index contributed by atoms with van der Waals surface area (Å²) in [5.74, 6) is 0. The normalized spacial score (nSPS) is 12.7. The smallest absolute Gasteiger partial charge is 0.0876 e. The number of aliphatic hydroxyl groups is 1. The maximum atomic E-state index is 9.83. The molecular formula is C10H10ClN3O. The number of halogens is 1. The van der Waals surface area contributed by atoms with Crippen LogP contribution in [0, 0.1) is 0 Å². The van der Waals surface area contributed by atoms with Crippen molar-refractivity contribution in [2.45, 2.75) is 12.5 Å². The third-order valence-electron chi connectivity index (χ3n) is 2.13. The van der Waals surface area contributed by atoms with Crippen LogP contribution in [0.15, 0.2) is 30.7 Å². The van der Waals surface area contributed by atoms with Crippen molar-refractivity contribution in [2.75, 3.05) is 0 Å². The average molecular weight is 224 g/mol. The molecule has 0 amide bonds. The van der Waals surface area contributed by atoms with Gasteiger partial charge in [0.15, 0.2) is 0 Å². The van der Waals surface area contributed by atoms with Crippen molar-refractivity contribution in [3.63, 3.8) is 0 Å². The van der Waals surface area contributed by atoms with E-state index in [1.165, 1.54) is 0 Å². The molecule has 0 saturated heterocycles. The molecule has 1 atom stereocenters. The van der Waals surface area contributed by atoms with E-state index in [1.54, 1.807) is 30.7 Å². The number of aromatic nitrogens is 3. The van der Waals surface area contributed by atoms with E-state index in [4.69, 9.17) is 11.6 Å². The van der Waals surface area contributed by atoms with Gasteiger partial charge in [-0.25, -0.2) is 0 Å². The Morgan fingerprint density at radius 3 is 3.07 bits per heavy atom. The van der Waals surface area contributed by atoms with E-state index < -0.39 is 6.10 Å². The molecular weight excluding hydrogens is 214 g/mol. The van der Waals surface area contributed by atoms with Gasteiger partial charge in [0.1, 0.15) is 0 Å². The summed E-state index contributed by atoms with van der Waals surface area (Å²) in [5.41, 5.74) is 1.42. The highest BCUT2D eigenvalue weighted by Gasteiger charge is 2.12. The van der Waals surface area contributed by atoms with E-state index in [1.807, 2.05) is 0 Å². The van der Waals surface area contributed by atoms with Crippen molar-refractivity contribution in [1.29, 1.82) is 0 Å². The number of H-pyrrole nitrogens is 1. The Bertz CT molecular complexity index is 430. The van der Waals surface area contributed by atoms with Crippen LogP contribution >= 0.6 is 11.6 Å². The summed E-state index contributed by atoms with van der Waals surface area (Å²) >= 11 is 5.93. The van der Waals surface area contributed by atoms with Gasteiger partial charge in [0, 0.05) is 24.4 Å². The second-order valence-electron chi connectivity index (χ2n) is 3.18. The Kier molecular flexibility index (Phi) is 2.99. The van der Waals surface area contributed by atoms with Gasteiger partial charge < -0.3 is 5.11 Å². The second-order valence-corrected chi connectivity index (χ2v) is 3.59. The monoisotopic (exact) mass is 223 g/mol. The highest BCUT2D eigenvalue weighted by Crippen LogP contribution is 2.20. The molecule has 0 aliphatic heterocycles. The summed E-state index contributed by atoms with van der Waals surface area (Å²) in [5, 5.41) is 16.8. The van der Waals surface area contributed by atoms with Gasteiger partial charge in [0.2, 0.25) is 0 Å². The Balaban J connectivity index is 2.13. The molecule has 2 heterocycles. The highest BCUT2D eigenvalue weighted by molar-refractivity contribution is 6.31. The Hall–Kier alpha value is -1.39. The number of hydrogen-bond donors (Lipinski definition) is 2. The summed E-state index contributed by atoms with van der Waals surface area (Å²) in [6, 6.07) is 3.52. The van der Waals surface area contributed by atoms with Gasteiger partial charge in [0.05, 0.1) is 23.0 Å². The van der Waals surface area contributed by atoms with E-state index in [0.717, 1.165) is 5.56 Å². The summed E-state index contributed by atoms with van der Waals surface area (Å²) in [6.07, 6.45) is 4.65. The molecule has 2 N–H and O–H groups in total. The van der Waals surface area contributed by atoms with Gasteiger partial charge in [-0.05, 0) is 12.1 Å². The second kappa shape index (κ2) is 4.42. The predicted octanol–water partition coefficient (Wildman–Crippen LogP) is 1.73. The van der Waals surface area contributed by atoms with Crippen LogP contribution in [0.4, 0.5) is 0 Å². The van der Waals surface area contributed by atoms with Crippen molar-refractivity contribution in [3.8, 4) is 0 Å². The topological polar surface area (TPSA) is 61.8 Å². The van der Waals surface area contributed by atoms with E-state index in [9.17, 15) is 5.11 Å². The van der Waals surface area contributed by atoms with Crippen molar-refractivity contribution in [2.24, 2.45) is 0 Å². The van der Waals surface area contributed by atoms with Crippen LogP contribution in [-0.2, 0) is 6.42 Å². The number of rotatable bonds is 3. The molecule has 2 aromatic heterocycles. The van der Waals surface area contributed by atoms with Crippen molar-refractivity contribution in [3.05, 3.63) is 47.0 Å². The van der Waals surface area contributed by atoms with E-state index in [-0.39, 0.29) is 0 Å². The first-order valence-electron chi connectivity index (χ1n) is 4.53. The van der Waals surface area contributed by atoms with Gasteiger partial charge in [-0.15, -0.1) is 0 Å². The van der Waals surface area contributed by atoms with Gasteiger partial charge >= 0.3 is 0 Å². The minimum atomic E-state index is -0.629. The van der Waals surface area contributed by atoms with Crippen LogP contribution in [0.25, 0.3) is 0 Å². The molecule has 0 aliphatic rings. The van der Waals surface area contributed by atoms with Crippen LogP contribution in [0.2, 0.25) is 5.02 Å². The lowest BCUT2D eigenvalue weighted by Crippen LogP contribution is -2.02. The van der Waals surface area contributed by atoms with Crippen LogP contribution in [0.5, 0.6) is 0 Å². The van der Waals surface area contributed by atoms with E-state index >= 15 is 0 Å². The molecule has 0 spiro atoms. The van der Waals surface area contributed by atoms with Crippen LogP contribution < -0.4 is 0 Å². The van der Waals surface area contributed by atoms with E-state index in [0.29, 0.717) is 17.1 Å². The lowest BCUT2D eigenvalue weighted by Gasteiger charge is -2.08. The van der Waals surface area contributed by atoms with Crippen molar-refractivity contribution in [1.82, 2.24) is 15.2 Å². The first-order valence-corrected chi connectivity index (χ1v) is 4.91. The standard InChI is InChI=1S/C10H10ClN3O/c11-8-2-1-3-12-9(8)4-10(15)7-5-13-14-6-7/h1-3,5-6,10,15H,4H2,(H,13,14). The number of hydrogen-bond acceptors (Lipinski definition) is 3. The first kappa shape index (κ1) is 10.1. The molecule has 0 saturated carbocycles.